The average Bonchev–Trinajstić information content (AvgIpc) is 2.89. The zero-order valence-electron chi connectivity index (χ0n) is 8.29. The predicted octanol–water partition coefficient (Wildman–Crippen LogP) is 2.93. The molecule has 0 unspecified atom stereocenters. The molecule has 16 heavy (non-hydrogen) atoms. The topological polar surface area (TPSA) is 41.1 Å². The van der Waals surface area contributed by atoms with E-state index in [1.54, 1.807) is 11.3 Å². The van der Waals surface area contributed by atoms with Gasteiger partial charge >= 0.3 is 0 Å². The molecular weight excluding hydrogens is 218 g/mol. The molecule has 3 rings (SSSR count). The fourth-order valence-electron chi connectivity index (χ4n) is 1.58. The van der Waals surface area contributed by atoms with Crippen molar-refractivity contribution >= 4 is 16.3 Å². The largest absolute Gasteiger partial charge is 0.297 e. The van der Waals surface area contributed by atoms with E-state index in [-0.39, 0.29) is 0 Å². The van der Waals surface area contributed by atoms with Crippen molar-refractivity contribution in [3.8, 4) is 17.3 Å². The van der Waals surface area contributed by atoms with Crippen molar-refractivity contribution < 1.29 is 0 Å². The first-order chi connectivity index (χ1) is 7.86. The molecule has 2 aromatic heterocycles. The summed E-state index contributed by atoms with van der Waals surface area (Å²) in [5, 5.41) is 10.7. The van der Waals surface area contributed by atoms with Crippen molar-refractivity contribution in [3.05, 3.63) is 47.6 Å². The number of hydrogen-bond acceptors (Lipinski definition) is 3. The molecule has 0 spiro atoms. The smallest absolute Gasteiger partial charge is 0.194 e. The molecular formula is C12H7N3S. The standard InChI is InChI=1S/C12H7N3S/c13-7-9-1-3-10(4-2-9)11-8-15-5-6-16-12(15)14-11/h1-6,8H. The molecule has 4 heteroatoms. The molecule has 0 aliphatic rings. The second-order valence-corrected chi connectivity index (χ2v) is 4.28. The predicted molar refractivity (Wildman–Crippen MR) is 63.2 cm³/mol. The lowest BCUT2D eigenvalue weighted by Gasteiger charge is -1.94. The van der Waals surface area contributed by atoms with Gasteiger partial charge in [-0.05, 0) is 12.1 Å². The normalized spacial score (nSPS) is 10.4. The fourth-order valence-corrected chi connectivity index (χ4v) is 2.28. The third kappa shape index (κ3) is 1.38. The molecule has 3 nitrogen and oxygen atoms in total. The minimum absolute atomic E-state index is 0.671. The Morgan fingerprint density at radius 1 is 1.25 bits per heavy atom. The summed E-state index contributed by atoms with van der Waals surface area (Å²) < 4.78 is 2.00. The second-order valence-electron chi connectivity index (χ2n) is 3.41. The number of nitrogens with zero attached hydrogens (tertiary/aromatic N) is 3. The Balaban J connectivity index is 2.09. The third-order valence-electron chi connectivity index (χ3n) is 2.40. The molecule has 0 bridgehead atoms. The van der Waals surface area contributed by atoms with Crippen LogP contribution in [0.25, 0.3) is 16.2 Å². The molecule has 0 saturated heterocycles. The summed E-state index contributed by atoms with van der Waals surface area (Å²) in [6.07, 6.45) is 3.98. The summed E-state index contributed by atoms with van der Waals surface area (Å²) >= 11 is 1.61. The van der Waals surface area contributed by atoms with Crippen LogP contribution in [-0.4, -0.2) is 9.38 Å². The highest BCUT2D eigenvalue weighted by atomic mass is 32.1. The molecule has 2 heterocycles. The molecule has 0 aliphatic heterocycles. The van der Waals surface area contributed by atoms with Crippen LogP contribution in [-0.2, 0) is 0 Å². The molecule has 0 atom stereocenters. The van der Waals surface area contributed by atoms with Gasteiger partial charge in [-0.1, -0.05) is 12.1 Å². The van der Waals surface area contributed by atoms with E-state index < -0.39 is 0 Å². The van der Waals surface area contributed by atoms with E-state index in [0.29, 0.717) is 5.56 Å². The molecule has 1 aromatic carbocycles. The Bertz CT molecular complexity index is 642. The third-order valence-corrected chi connectivity index (χ3v) is 3.17. The van der Waals surface area contributed by atoms with Crippen LogP contribution >= 0.6 is 11.3 Å². The summed E-state index contributed by atoms with van der Waals surface area (Å²) in [7, 11) is 0. The Hall–Kier alpha value is -2.12. The molecule has 0 aliphatic carbocycles. The van der Waals surface area contributed by atoms with Crippen molar-refractivity contribution in [2.45, 2.75) is 0 Å². The van der Waals surface area contributed by atoms with Gasteiger partial charge in [-0.25, -0.2) is 4.98 Å². The molecule has 3 aromatic rings. The van der Waals surface area contributed by atoms with Gasteiger partial charge in [0.05, 0.1) is 17.3 Å². The van der Waals surface area contributed by atoms with Crippen molar-refractivity contribution in [1.82, 2.24) is 9.38 Å². The summed E-state index contributed by atoms with van der Waals surface area (Å²) in [5.41, 5.74) is 2.65. The molecule has 0 fully saturated rings. The number of hydrogen-bond donors (Lipinski definition) is 0. The molecule has 76 valence electrons. The zero-order chi connectivity index (χ0) is 11.0. The average molecular weight is 225 g/mol. The van der Waals surface area contributed by atoms with Crippen LogP contribution in [0.15, 0.2) is 42.0 Å². The Morgan fingerprint density at radius 2 is 2.06 bits per heavy atom. The van der Waals surface area contributed by atoms with Gasteiger partial charge in [0.15, 0.2) is 4.96 Å². The SMILES string of the molecule is N#Cc1ccc(-c2cn3ccsc3n2)cc1. The lowest BCUT2D eigenvalue weighted by molar-refractivity contribution is 1.23. The molecule has 0 saturated carbocycles. The van der Waals surface area contributed by atoms with E-state index in [2.05, 4.69) is 11.1 Å². The van der Waals surface area contributed by atoms with Crippen LogP contribution < -0.4 is 0 Å². The molecule has 0 radical (unpaired) electrons. The monoisotopic (exact) mass is 225 g/mol. The maximum Gasteiger partial charge on any atom is 0.194 e. The van der Waals surface area contributed by atoms with Crippen LogP contribution in [0.2, 0.25) is 0 Å². The number of imidazole rings is 1. The van der Waals surface area contributed by atoms with Crippen molar-refractivity contribution in [2.75, 3.05) is 0 Å². The van der Waals surface area contributed by atoms with Crippen LogP contribution in [0.4, 0.5) is 0 Å². The van der Waals surface area contributed by atoms with Crippen molar-refractivity contribution in [3.63, 3.8) is 0 Å². The minimum Gasteiger partial charge on any atom is -0.297 e. The quantitative estimate of drug-likeness (QED) is 0.639. The van der Waals surface area contributed by atoms with Crippen LogP contribution in [0.3, 0.4) is 0 Å². The van der Waals surface area contributed by atoms with E-state index in [0.717, 1.165) is 16.2 Å². The van der Waals surface area contributed by atoms with Crippen molar-refractivity contribution in [1.29, 1.82) is 5.26 Å². The second kappa shape index (κ2) is 3.47. The van der Waals surface area contributed by atoms with E-state index in [1.807, 2.05) is 46.4 Å². The maximum absolute atomic E-state index is 8.71. The number of rotatable bonds is 1. The molecule has 0 N–H and O–H groups in total. The highest BCUT2D eigenvalue weighted by Gasteiger charge is 2.04. The fraction of sp³-hybridized carbons (Fsp3) is 0. The van der Waals surface area contributed by atoms with Gasteiger partial charge in [0.1, 0.15) is 0 Å². The first-order valence-corrected chi connectivity index (χ1v) is 5.67. The highest BCUT2D eigenvalue weighted by molar-refractivity contribution is 7.15. The lowest BCUT2D eigenvalue weighted by atomic mass is 10.1. The van der Waals surface area contributed by atoms with Crippen LogP contribution in [0.5, 0.6) is 0 Å². The maximum atomic E-state index is 8.71. The number of nitriles is 1. The number of fused-ring (bicyclic) bond motifs is 1. The first-order valence-electron chi connectivity index (χ1n) is 4.79. The van der Waals surface area contributed by atoms with Gasteiger partial charge < -0.3 is 0 Å². The summed E-state index contributed by atoms with van der Waals surface area (Å²) in [4.78, 5) is 5.48. The Kier molecular flexibility index (Phi) is 1.98. The number of aromatic nitrogens is 2. The highest BCUT2D eigenvalue weighted by Crippen LogP contribution is 2.21. The summed E-state index contributed by atoms with van der Waals surface area (Å²) in [6, 6.07) is 9.56. The van der Waals surface area contributed by atoms with E-state index >= 15 is 0 Å². The Morgan fingerprint density at radius 3 is 2.75 bits per heavy atom. The van der Waals surface area contributed by atoms with Gasteiger partial charge in [0.2, 0.25) is 0 Å². The summed E-state index contributed by atoms with van der Waals surface area (Å²) in [6.45, 7) is 0. The van der Waals surface area contributed by atoms with E-state index in [1.165, 1.54) is 0 Å². The van der Waals surface area contributed by atoms with E-state index in [9.17, 15) is 0 Å². The lowest BCUT2D eigenvalue weighted by Crippen LogP contribution is -1.78. The van der Waals surface area contributed by atoms with E-state index in [4.69, 9.17) is 5.26 Å². The van der Waals surface area contributed by atoms with Crippen LogP contribution in [0.1, 0.15) is 5.56 Å². The zero-order valence-corrected chi connectivity index (χ0v) is 9.11. The van der Waals surface area contributed by atoms with Gasteiger partial charge in [0.25, 0.3) is 0 Å². The summed E-state index contributed by atoms with van der Waals surface area (Å²) in [5.74, 6) is 0. The number of benzene rings is 1. The van der Waals surface area contributed by atoms with Gasteiger partial charge in [-0.15, -0.1) is 11.3 Å². The minimum atomic E-state index is 0.671. The van der Waals surface area contributed by atoms with Gasteiger partial charge in [0, 0.05) is 23.3 Å². The Labute approximate surface area is 96.2 Å². The van der Waals surface area contributed by atoms with Crippen LogP contribution in [0, 0.1) is 11.3 Å². The first kappa shape index (κ1) is 9.13. The number of thiazole rings is 1. The van der Waals surface area contributed by atoms with Gasteiger partial charge in [-0.2, -0.15) is 5.26 Å². The van der Waals surface area contributed by atoms with Gasteiger partial charge in [-0.3, -0.25) is 4.40 Å². The van der Waals surface area contributed by atoms with Crippen molar-refractivity contribution in [2.24, 2.45) is 0 Å². The molecule has 0 amide bonds.